The zero-order chi connectivity index (χ0) is 13.4. The maximum Gasteiger partial charge on any atom is 0.0369 e. The summed E-state index contributed by atoms with van der Waals surface area (Å²) >= 11 is 0. The zero-order valence-corrected chi connectivity index (χ0v) is 11.6. The van der Waals surface area contributed by atoms with Gasteiger partial charge in [0.1, 0.15) is 0 Å². The quantitative estimate of drug-likeness (QED) is 0.731. The van der Waals surface area contributed by atoms with Gasteiger partial charge in [-0.1, -0.05) is 60.2 Å². The smallest absolute Gasteiger partial charge is 0.0369 e. The van der Waals surface area contributed by atoms with Gasteiger partial charge in [0.25, 0.3) is 0 Å². The van der Waals surface area contributed by atoms with Crippen LogP contribution in [0.3, 0.4) is 0 Å². The molecule has 0 aromatic heterocycles. The van der Waals surface area contributed by atoms with E-state index in [4.69, 9.17) is 0 Å². The summed E-state index contributed by atoms with van der Waals surface area (Å²) < 4.78 is 0. The Hall–Kier alpha value is -2.02. The second-order valence-electron chi connectivity index (χ2n) is 5.85. The Labute approximate surface area is 120 Å². The van der Waals surface area contributed by atoms with Crippen LogP contribution in [-0.4, -0.2) is 13.1 Å². The molecule has 20 heavy (non-hydrogen) atoms. The Kier molecular flexibility index (Phi) is 2.84. The van der Waals surface area contributed by atoms with Crippen LogP contribution in [0.15, 0.2) is 72.3 Å². The fourth-order valence-corrected chi connectivity index (χ4v) is 3.56. The minimum Gasteiger partial charge on any atom is -0.367 e. The van der Waals surface area contributed by atoms with Crippen LogP contribution in [0.1, 0.15) is 17.9 Å². The lowest BCUT2D eigenvalue weighted by Gasteiger charge is -2.46. The van der Waals surface area contributed by atoms with Crippen LogP contribution in [0.4, 0.5) is 5.69 Å². The number of nitrogens with zero attached hydrogens (tertiary/aromatic N) is 1. The van der Waals surface area contributed by atoms with E-state index in [0.717, 1.165) is 13.1 Å². The van der Waals surface area contributed by atoms with E-state index in [0.29, 0.717) is 11.8 Å². The molecule has 0 saturated heterocycles. The molecule has 4 rings (SSSR count). The van der Waals surface area contributed by atoms with Crippen molar-refractivity contribution in [1.82, 2.24) is 0 Å². The van der Waals surface area contributed by atoms with E-state index in [-0.39, 0.29) is 0 Å². The summed E-state index contributed by atoms with van der Waals surface area (Å²) in [6.45, 7) is 2.23. The Balaban J connectivity index is 1.56. The first-order valence-corrected chi connectivity index (χ1v) is 7.46. The van der Waals surface area contributed by atoms with E-state index >= 15 is 0 Å². The summed E-state index contributed by atoms with van der Waals surface area (Å²) in [5.41, 5.74) is 4.53. The molecule has 2 aromatic rings. The maximum atomic E-state index is 2.50. The van der Waals surface area contributed by atoms with Gasteiger partial charge in [-0.15, -0.1) is 0 Å². The molecule has 0 amide bonds. The van der Waals surface area contributed by atoms with E-state index in [2.05, 4.69) is 71.6 Å². The van der Waals surface area contributed by atoms with Crippen molar-refractivity contribution in [3.05, 3.63) is 77.9 Å². The Morgan fingerprint density at radius 3 is 2.25 bits per heavy atom. The van der Waals surface area contributed by atoms with E-state index in [1.165, 1.54) is 17.7 Å². The highest BCUT2D eigenvalue weighted by atomic mass is 15.1. The lowest BCUT2D eigenvalue weighted by molar-refractivity contribution is 0.356. The van der Waals surface area contributed by atoms with Crippen LogP contribution in [-0.2, 0) is 0 Å². The third kappa shape index (κ3) is 1.94. The molecule has 0 bridgehead atoms. The van der Waals surface area contributed by atoms with Gasteiger partial charge in [-0.2, -0.15) is 0 Å². The topological polar surface area (TPSA) is 3.24 Å². The van der Waals surface area contributed by atoms with E-state index < -0.39 is 0 Å². The molecule has 1 fully saturated rings. The van der Waals surface area contributed by atoms with Crippen molar-refractivity contribution in [1.29, 1.82) is 0 Å². The third-order valence-electron chi connectivity index (χ3n) is 4.76. The largest absolute Gasteiger partial charge is 0.367 e. The van der Waals surface area contributed by atoms with Gasteiger partial charge in [0.05, 0.1) is 0 Å². The molecule has 1 nitrogen and oxygen atoms in total. The van der Waals surface area contributed by atoms with Crippen LogP contribution in [0.5, 0.6) is 0 Å². The van der Waals surface area contributed by atoms with Crippen LogP contribution < -0.4 is 4.90 Å². The third-order valence-corrected chi connectivity index (χ3v) is 4.76. The Morgan fingerprint density at radius 2 is 1.50 bits per heavy atom. The number of anilines is 1. The van der Waals surface area contributed by atoms with Crippen molar-refractivity contribution >= 4 is 5.69 Å². The average molecular weight is 261 g/mol. The summed E-state index contributed by atoms with van der Waals surface area (Å²) in [6, 6.07) is 21.8. The second kappa shape index (κ2) is 4.82. The van der Waals surface area contributed by atoms with Crippen molar-refractivity contribution in [2.75, 3.05) is 18.0 Å². The minimum atomic E-state index is 0.714. The molecule has 2 aromatic carbocycles. The lowest BCUT2D eigenvalue weighted by atomic mass is 9.64. The highest BCUT2D eigenvalue weighted by Gasteiger charge is 2.39. The van der Waals surface area contributed by atoms with Crippen LogP contribution in [0.2, 0.25) is 0 Å². The van der Waals surface area contributed by atoms with Gasteiger partial charge in [0.15, 0.2) is 0 Å². The van der Waals surface area contributed by atoms with E-state index in [1.807, 2.05) is 0 Å². The molecular weight excluding hydrogens is 242 g/mol. The molecule has 1 aliphatic heterocycles. The van der Waals surface area contributed by atoms with Crippen molar-refractivity contribution in [3.8, 4) is 0 Å². The fraction of sp³-hybridized carbons (Fsp3) is 0.263. The molecule has 0 spiro atoms. The first-order chi connectivity index (χ1) is 9.92. The molecule has 1 heteroatoms. The Bertz CT molecular complexity index is 577. The van der Waals surface area contributed by atoms with E-state index in [9.17, 15) is 0 Å². The van der Waals surface area contributed by atoms with Crippen LogP contribution in [0.25, 0.3) is 0 Å². The molecule has 2 aliphatic rings. The van der Waals surface area contributed by atoms with E-state index in [1.54, 1.807) is 5.57 Å². The maximum absolute atomic E-state index is 2.50. The minimum absolute atomic E-state index is 0.714. The van der Waals surface area contributed by atoms with Crippen LogP contribution in [0, 0.1) is 5.92 Å². The first-order valence-electron chi connectivity index (χ1n) is 7.46. The molecule has 1 heterocycles. The Morgan fingerprint density at radius 1 is 0.800 bits per heavy atom. The van der Waals surface area contributed by atoms with Crippen molar-refractivity contribution < 1.29 is 0 Å². The zero-order valence-electron chi connectivity index (χ0n) is 11.6. The summed E-state index contributed by atoms with van der Waals surface area (Å²) in [5, 5.41) is 0. The molecule has 100 valence electrons. The number of benzene rings is 2. The lowest BCUT2D eigenvalue weighted by Crippen LogP contribution is -2.43. The summed E-state index contributed by atoms with van der Waals surface area (Å²) in [5.74, 6) is 1.43. The van der Waals surface area contributed by atoms with Gasteiger partial charge < -0.3 is 4.90 Å². The molecule has 1 aliphatic carbocycles. The normalized spacial score (nSPS) is 24.6. The van der Waals surface area contributed by atoms with Crippen LogP contribution >= 0.6 is 0 Å². The molecule has 0 unspecified atom stereocenters. The second-order valence-corrected chi connectivity index (χ2v) is 5.85. The predicted molar refractivity (Wildman–Crippen MR) is 84.0 cm³/mol. The van der Waals surface area contributed by atoms with Gasteiger partial charge in [-0.05, 0) is 30.0 Å². The summed E-state index contributed by atoms with van der Waals surface area (Å²) in [4.78, 5) is 2.50. The van der Waals surface area contributed by atoms with Gasteiger partial charge >= 0.3 is 0 Å². The molecule has 1 saturated carbocycles. The number of rotatable bonds is 2. The number of hydrogen-bond acceptors (Lipinski definition) is 1. The number of hydrogen-bond donors (Lipinski definition) is 0. The molecular formula is C19H19N. The summed E-state index contributed by atoms with van der Waals surface area (Å²) in [6.07, 6.45) is 3.71. The molecule has 2 atom stereocenters. The van der Waals surface area contributed by atoms with Gasteiger partial charge in [-0.25, -0.2) is 0 Å². The van der Waals surface area contributed by atoms with Gasteiger partial charge in [0, 0.05) is 24.7 Å². The fourth-order valence-electron chi connectivity index (χ4n) is 3.56. The average Bonchev–Trinajstić information content (AvgIpc) is 2.50. The van der Waals surface area contributed by atoms with Crippen molar-refractivity contribution in [3.63, 3.8) is 0 Å². The highest BCUT2D eigenvalue weighted by molar-refractivity contribution is 5.50. The number of fused-ring (bicyclic) bond motifs is 1. The van der Waals surface area contributed by atoms with Crippen molar-refractivity contribution in [2.45, 2.75) is 12.3 Å². The molecule has 0 radical (unpaired) electrons. The molecule has 0 N–H and O–H groups in total. The predicted octanol–water partition coefficient (Wildman–Crippen LogP) is 4.24. The van der Waals surface area contributed by atoms with Gasteiger partial charge in [0.2, 0.25) is 0 Å². The highest BCUT2D eigenvalue weighted by Crippen LogP contribution is 2.49. The monoisotopic (exact) mass is 261 g/mol. The SMILES string of the molecule is C1=C2C[C@@H](c3ccccc3)[C@@H]2CN(c2ccccc2)C1. The number of para-hydroxylation sites is 1. The van der Waals surface area contributed by atoms with Gasteiger partial charge in [-0.3, -0.25) is 0 Å². The summed E-state index contributed by atoms with van der Waals surface area (Å²) in [7, 11) is 0. The van der Waals surface area contributed by atoms with Crippen molar-refractivity contribution in [2.24, 2.45) is 5.92 Å². The standard InChI is InChI=1S/C19H19N/c1-3-7-15(8-4-1)18-13-16-11-12-20(14-19(16)18)17-9-5-2-6-10-17/h1-11,18-19H,12-14H2/t18-,19+/m0/s1. The first kappa shape index (κ1) is 11.8.